The van der Waals surface area contributed by atoms with E-state index >= 15 is 0 Å². The van der Waals surface area contributed by atoms with Crippen molar-refractivity contribution in [1.82, 2.24) is 0 Å². The van der Waals surface area contributed by atoms with E-state index < -0.39 is 5.25 Å². The molecule has 0 spiro atoms. The van der Waals surface area contributed by atoms with Gasteiger partial charge >= 0.3 is 0 Å². The van der Waals surface area contributed by atoms with E-state index in [-0.39, 0.29) is 40.9 Å². The molecule has 2 amide bonds. The van der Waals surface area contributed by atoms with Gasteiger partial charge in [-0.25, -0.2) is 0 Å². The molecule has 0 aliphatic heterocycles. The van der Waals surface area contributed by atoms with Crippen LogP contribution in [0.1, 0.15) is 50.8 Å². The monoisotopic (exact) mass is 534 g/mol. The van der Waals surface area contributed by atoms with Gasteiger partial charge in [-0.2, -0.15) is 0 Å². The first-order valence-corrected chi connectivity index (χ1v) is 13.6. The highest BCUT2D eigenvalue weighted by Crippen LogP contribution is 2.33. The fourth-order valence-electron chi connectivity index (χ4n) is 4.58. The average Bonchev–Trinajstić information content (AvgIpc) is 2.95. The molecule has 1 unspecified atom stereocenters. The van der Waals surface area contributed by atoms with Gasteiger partial charge in [-0.3, -0.25) is 19.2 Å². The molecule has 5 rings (SSSR count). The van der Waals surface area contributed by atoms with Crippen LogP contribution >= 0.6 is 11.8 Å². The quantitative estimate of drug-likeness (QED) is 0.233. The van der Waals surface area contributed by atoms with Crippen LogP contribution in [-0.2, 0) is 16.0 Å². The SMILES string of the molecule is CCC(Sc1cccc(NC(=O)Cc2ccccc2)c1)C(=O)Nc1cccc2c1C(=O)c1ccccc1C2=O. The highest BCUT2D eigenvalue weighted by Gasteiger charge is 2.32. The number of amides is 2. The Labute approximate surface area is 230 Å². The molecule has 2 N–H and O–H groups in total. The van der Waals surface area contributed by atoms with Crippen LogP contribution in [0.25, 0.3) is 0 Å². The minimum absolute atomic E-state index is 0.122. The zero-order valence-corrected chi connectivity index (χ0v) is 22.1. The average molecular weight is 535 g/mol. The standard InChI is InChI=1S/C32H26N2O4S/c1-2-27(39-22-13-8-12-21(19-22)33-28(35)18-20-10-4-3-5-11-20)32(38)34-26-17-9-16-25-29(26)31(37)24-15-7-6-14-23(24)30(25)36/h3-17,19,27H,2,18H2,1H3,(H,33,35)(H,34,38). The molecule has 0 saturated heterocycles. The molecule has 1 aliphatic rings. The van der Waals surface area contributed by atoms with Crippen molar-refractivity contribution in [3.8, 4) is 0 Å². The smallest absolute Gasteiger partial charge is 0.237 e. The van der Waals surface area contributed by atoms with E-state index in [0.717, 1.165) is 10.5 Å². The maximum Gasteiger partial charge on any atom is 0.237 e. The van der Waals surface area contributed by atoms with Gasteiger partial charge in [0.15, 0.2) is 11.6 Å². The molecular weight excluding hydrogens is 508 g/mol. The van der Waals surface area contributed by atoms with Crippen molar-refractivity contribution < 1.29 is 19.2 Å². The Morgan fingerprint density at radius 2 is 1.41 bits per heavy atom. The summed E-state index contributed by atoms with van der Waals surface area (Å²) in [4.78, 5) is 53.0. The molecule has 4 aromatic rings. The van der Waals surface area contributed by atoms with Crippen LogP contribution in [0.5, 0.6) is 0 Å². The van der Waals surface area contributed by atoms with Gasteiger partial charge in [0.05, 0.1) is 22.9 Å². The lowest BCUT2D eigenvalue weighted by Crippen LogP contribution is -2.28. The predicted molar refractivity (Wildman–Crippen MR) is 154 cm³/mol. The molecule has 0 aromatic heterocycles. The van der Waals surface area contributed by atoms with Gasteiger partial charge in [0, 0.05) is 27.3 Å². The summed E-state index contributed by atoms with van der Waals surface area (Å²) in [5, 5.41) is 5.35. The van der Waals surface area contributed by atoms with Gasteiger partial charge in [0.2, 0.25) is 11.8 Å². The Kier molecular flexibility index (Phi) is 7.70. The fraction of sp³-hybridized carbons (Fsp3) is 0.125. The Morgan fingerprint density at radius 1 is 0.744 bits per heavy atom. The molecule has 7 heteroatoms. The molecule has 1 atom stereocenters. The zero-order chi connectivity index (χ0) is 27.4. The van der Waals surface area contributed by atoms with E-state index in [9.17, 15) is 19.2 Å². The third-order valence-electron chi connectivity index (χ3n) is 6.48. The molecule has 0 heterocycles. The number of nitrogens with one attached hydrogen (secondary N) is 2. The van der Waals surface area contributed by atoms with Gasteiger partial charge in [-0.1, -0.05) is 79.7 Å². The minimum atomic E-state index is -0.460. The first-order chi connectivity index (χ1) is 18.9. The van der Waals surface area contributed by atoms with Crippen LogP contribution in [0.2, 0.25) is 0 Å². The molecule has 4 aromatic carbocycles. The molecule has 194 valence electrons. The molecular formula is C32H26N2O4S. The van der Waals surface area contributed by atoms with Crippen LogP contribution in [0, 0.1) is 0 Å². The number of hydrogen-bond donors (Lipinski definition) is 2. The zero-order valence-electron chi connectivity index (χ0n) is 21.3. The Balaban J connectivity index is 1.29. The third kappa shape index (κ3) is 5.68. The minimum Gasteiger partial charge on any atom is -0.326 e. The topological polar surface area (TPSA) is 92.3 Å². The first-order valence-electron chi connectivity index (χ1n) is 12.7. The summed E-state index contributed by atoms with van der Waals surface area (Å²) in [5.74, 6) is -0.907. The molecule has 0 bridgehead atoms. The Bertz CT molecular complexity index is 1580. The Hall–Kier alpha value is -4.49. The van der Waals surface area contributed by atoms with E-state index in [1.807, 2.05) is 61.5 Å². The van der Waals surface area contributed by atoms with Gasteiger partial charge in [0.25, 0.3) is 0 Å². The van der Waals surface area contributed by atoms with Crippen LogP contribution in [-0.4, -0.2) is 28.6 Å². The third-order valence-corrected chi connectivity index (χ3v) is 7.84. The summed E-state index contributed by atoms with van der Waals surface area (Å²) < 4.78 is 0. The van der Waals surface area contributed by atoms with E-state index in [1.54, 1.807) is 42.5 Å². The van der Waals surface area contributed by atoms with Crippen LogP contribution in [0.4, 0.5) is 11.4 Å². The molecule has 0 fully saturated rings. The van der Waals surface area contributed by atoms with Crippen LogP contribution in [0.15, 0.2) is 102 Å². The lowest BCUT2D eigenvalue weighted by atomic mass is 9.83. The second-order valence-corrected chi connectivity index (χ2v) is 10.5. The fourth-order valence-corrected chi connectivity index (χ4v) is 5.60. The van der Waals surface area contributed by atoms with Crippen molar-refractivity contribution in [2.24, 2.45) is 0 Å². The number of hydrogen-bond acceptors (Lipinski definition) is 5. The van der Waals surface area contributed by atoms with Crippen molar-refractivity contribution >= 4 is 46.5 Å². The summed E-state index contributed by atoms with van der Waals surface area (Å²) in [7, 11) is 0. The number of thioether (sulfide) groups is 1. The lowest BCUT2D eigenvalue weighted by Gasteiger charge is -2.21. The summed E-state index contributed by atoms with van der Waals surface area (Å²) in [6, 6.07) is 28.5. The molecule has 39 heavy (non-hydrogen) atoms. The Morgan fingerprint density at radius 3 is 2.15 bits per heavy atom. The highest BCUT2D eigenvalue weighted by atomic mass is 32.2. The summed E-state index contributed by atoms with van der Waals surface area (Å²) in [6.45, 7) is 1.91. The predicted octanol–water partition coefficient (Wildman–Crippen LogP) is 6.15. The largest absolute Gasteiger partial charge is 0.326 e. The van der Waals surface area contributed by atoms with Crippen molar-refractivity contribution in [3.05, 3.63) is 125 Å². The number of rotatable bonds is 8. The summed E-state index contributed by atoms with van der Waals surface area (Å²) in [6.07, 6.45) is 0.803. The molecule has 0 saturated carbocycles. The number of carbonyl (C=O) groups is 4. The second kappa shape index (κ2) is 11.5. The molecule has 0 radical (unpaired) electrons. The van der Waals surface area contributed by atoms with Crippen molar-refractivity contribution in [1.29, 1.82) is 0 Å². The van der Waals surface area contributed by atoms with E-state index in [2.05, 4.69) is 10.6 Å². The number of fused-ring (bicyclic) bond motifs is 2. The van der Waals surface area contributed by atoms with Gasteiger partial charge in [0.1, 0.15) is 0 Å². The van der Waals surface area contributed by atoms with Crippen molar-refractivity contribution in [2.75, 3.05) is 10.6 Å². The van der Waals surface area contributed by atoms with Gasteiger partial charge < -0.3 is 10.6 Å². The number of ketones is 2. The number of carbonyl (C=O) groups excluding carboxylic acids is 4. The molecule has 6 nitrogen and oxygen atoms in total. The first kappa shape index (κ1) is 26.1. The normalized spacial score (nSPS) is 12.7. The lowest BCUT2D eigenvalue weighted by molar-refractivity contribution is -0.116. The summed E-state index contributed by atoms with van der Waals surface area (Å²) >= 11 is 1.37. The van der Waals surface area contributed by atoms with Gasteiger partial charge in [-0.15, -0.1) is 11.8 Å². The van der Waals surface area contributed by atoms with Crippen LogP contribution in [0.3, 0.4) is 0 Å². The summed E-state index contributed by atoms with van der Waals surface area (Å²) in [5.41, 5.74) is 3.12. The van der Waals surface area contributed by atoms with Gasteiger partial charge in [-0.05, 0) is 36.2 Å². The van der Waals surface area contributed by atoms with Crippen molar-refractivity contribution in [3.63, 3.8) is 0 Å². The van der Waals surface area contributed by atoms with E-state index in [1.165, 1.54) is 11.8 Å². The van der Waals surface area contributed by atoms with Crippen molar-refractivity contribution in [2.45, 2.75) is 29.9 Å². The number of anilines is 2. The van der Waals surface area contributed by atoms with E-state index in [4.69, 9.17) is 0 Å². The maximum absolute atomic E-state index is 13.3. The van der Waals surface area contributed by atoms with Crippen LogP contribution < -0.4 is 10.6 Å². The molecule has 1 aliphatic carbocycles. The highest BCUT2D eigenvalue weighted by molar-refractivity contribution is 8.00. The second-order valence-electron chi connectivity index (χ2n) is 9.17. The number of benzene rings is 4. The van der Waals surface area contributed by atoms with E-state index in [0.29, 0.717) is 28.9 Å². The maximum atomic E-state index is 13.3.